The number of carboxylic acid groups (broad SMARTS) is 1. The van der Waals surface area contributed by atoms with Crippen molar-refractivity contribution >= 4 is 40.6 Å². The molecule has 1 amide bonds. The molecule has 1 aliphatic heterocycles. The molecule has 2 aromatic rings. The van der Waals surface area contributed by atoms with Gasteiger partial charge in [0.2, 0.25) is 0 Å². The standard InChI is InChI=1S/C18H15N3O3S/c1-2-10-21-16(22)15(11-14-4-3-9-19-14)25-18(21)20-13-7-5-12(6-8-13)17(23)24/h2-9,11,19H,1,10H2,(H,23,24)/b15-11-,20-18?. The molecular weight excluding hydrogens is 338 g/mol. The number of carbonyl (C=O) groups excluding carboxylic acids is 1. The minimum absolute atomic E-state index is 0.139. The third kappa shape index (κ3) is 3.72. The Labute approximate surface area is 148 Å². The molecule has 2 N–H and O–H groups in total. The van der Waals surface area contributed by atoms with Crippen molar-refractivity contribution in [3.63, 3.8) is 0 Å². The number of rotatable bonds is 5. The number of carbonyl (C=O) groups is 2. The van der Waals surface area contributed by atoms with Gasteiger partial charge in [0.15, 0.2) is 5.17 Å². The summed E-state index contributed by atoms with van der Waals surface area (Å²) in [5, 5.41) is 9.48. The quantitative estimate of drug-likeness (QED) is 0.636. The van der Waals surface area contributed by atoms with Gasteiger partial charge in [-0.1, -0.05) is 6.08 Å². The van der Waals surface area contributed by atoms with E-state index in [1.165, 1.54) is 28.8 Å². The number of aliphatic imine (C=N–C) groups is 1. The first-order valence-corrected chi connectivity index (χ1v) is 8.28. The lowest BCUT2D eigenvalue weighted by molar-refractivity contribution is -0.121. The Balaban J connectivity index is 1.91. The van der Waals surface area contributed by atoms with Gasteiger partial charge >= 0.3 is 5.97 Å². The molecule has 25 heavy (non-hydrogen) atoms. The van der Waals surface area contributed by atoms with Crippen molar-refractivity contribution in [1.82, 2.24) is 9.88 Å². The van der Waals surface area contributed by atoms with E-state index in [1.807, 2.05) is 12.1 Å². The maximum Gasteiger partial charge on any atom is 0.335 e. The Bertz CT molecular complexity index is 867. The van der Waals surface area contributed by atoms with E-state index in [4.69, 9.17) is 5.11 Å². The van der Waals surface area contributed by atoms with E-state index in [2.05, 4.69) is 16.6 Å². The molecule has 1 aromatic heterocycles. The number of thioether (sulfide) groups is 1. The Morgan fingerprint density at radius 3 is 2.68 bits per heavy atom. The smallest absolute Gasteiger partial charge is 0.335 e. The lowest BCUT2D eigenvalue weighted by Crippen LogP contribution is -2.29. The summed E-state index contributed by atoms with van der Waals surface area (Å²) in [5.74, 6) is -1.13. The predicted molar refractivity (Wildman–Crippen MR) is 98.8 cm³/mol. The van der Waals surface area contributed by atoms with Crippen LogP contribution in [0.15, 0.2) is 65.1 Å². The average molecular weight is 353 g/mol. The summed E-state index contributed by atoms with van der Waals surface area (Å²) in [5.41, 5.74) is 1.60. The van der Waals surface area contributed by atoms with Crippen LogP contribution < -0.4 is 0 Å². The molecule has 0 bridgehead atoms. The van der Waals surface area contributed by atoms with Crippen LogP contribution in [0.2, 0.25) is 0 Å². The molecule has 0 spiro atoms. The number of hydrogen-bond donors (Lipinski definition) is 2. The van der Waals surface area contributed by atoms with Crippen molar-refractivity contribution in [1.29, 1.82) is 0 Å². The first-order chi connectivity index (χ1) is 12.1. The van der Waals surface area contributed by atoms with E-state index in [0.29, 0.717) is 22.3 Å². The first-order valence-electron chi connectivity index (χ1n) is 7.46. The summed E-state index contributed by atoms with van der Waals surface area (Å²) in [6.07, 6.45) is 5.20. The molecule has 1 aromatic carbocycles. The number of aromatic carboxylic acids is 1. The second-order valence-corrected chi connectivity index (χ2v) is 6.20. The minimum Gasteiger partial charge on any atom is -0.478 e. The van der Waals surface area contributed by atoms with Crippen LogP contribution in [0, 0.1) is 0 Å². The highest BCUT2D eigenvalue weighted by Gasteiger charge is 2.32. The second kappa shape index (κ2) is 7.23. The number of amides is 1. The van der Waals surface area contributed by atoms with E-state index >= 15 is 0 Å². The van der Waals surface area contributed by atoms with Gasteiger partial charge in [-0.25, -0.2) is 9.79 Å². The Kier molecular flexibility index (Phi) is 4.85. The molecule has 0 radical (unpaired) electrons. The van der Waals surface area contributed by atoms with Crippen LogP contribution >= 0.6 is 11.8 Å². The molecule has 0 unspecified atom stereocenters. The molecular formula is C18H15N3O3S. The van der Waals surface area contributed by atoms with Crippen LogP contribution in [-0.2, 0) is 4.79 Å². The van der Waals surface area contributed by atoms with Gasteiger partial charge in [-0.05, 0) is 54.2 Å². The minimum atomic E-state index is -0.992. The molecule has 6 nitrogen and oxygen atoms in total. The van der Waals surface area contributed by atoms with E-state index in [1.54, 1.807) is 30.5 Å². The zero-order valence-corrected chi connectivity index (χ0v) is 14.0. The number of nitrogens with one attached hydrogen (secondary N) is 1. The van der Waals surface area contributed by atoms with Crippen molar-refractivity contribution in [2.75, 3.05) is 6.54 Å². The number of aromatic nitrogens is 1. The number of hydrogen-bond acceptors (Lipinski definition) is 4. The number of nitrogens with zero attached hydrogens (tertiary/aromatic N) is 2. The highest BCUT2D eigenvalue weighted by molar-refractivity contribution is 8.18. The van der Waals surface area contributed by atoms with Crippen LogP contribution in [0.4, 0.5) is 5.69 Å². The van der Waals surface area contributed by atoms with E-state index in [-0.39, 0.29) is 11.5 Å². The van der Waals surface area contributed by atoms with Crippen LogP contribution in [0.1, 0.15) is 16.1 Å². The van der Waals surface area contributed by atoms with Gasteiger partial charge in [0.1, 0.15) is 0 Å². The van der Waals surface area contributed by atoms with E-state index in [9.17, 15) is 9.59 Å². The molecule has 3 rings (SSSR count). The number of H-pyrrole nitrogens is 1. The average Bonchev–Trinajstić information content (AvgIpc) is 3.20. The zero-order chi connectivity index (χ0) is 17.8. The maximum absolute atomic E-state index is 12.6. The highest BCUT2D eigenvalue weighted by atomic mass is 32.2. The molecule has 2 heterocycles. The third-order valence-electron chi connectivity index (χ3n) is 3.45. The maximum atomic E-state index is 12.6. The van der Waals surface area contributed by atoms with Crippen molar-refractivity contribution < 1.29 is 14.7 Å². The molecule has 7 heteroatoms. The number of aromatic amines is 1. The van der Waals surface area contributed by atoms with E-state index in [0.717, 1.165) is 5.69 Å². The summed E-state index contributed by atoms with van der Waals surface area (Å²) >= 11 is 1.27. The summed E-state index contributed by atoms with van der Waals surface area (Å²) < 4.78 is 0. The largest absolute Gasteiger partial charge is 0.478 e. The van der Waals surface area contributed by atoms with Crippen molar-refractivity contribution in [2.24, 2.45) is 4.99 Å². The number of amidine groups is 1. The summed E-state index contributed by atoms with van der Waals surface area (Å²) in [7, 11) is 0. The number of carboxylic acids is 1. The summed E-state index contributed by atoms with van der Waals surface area (Å²) in [6.45, 7) is 4.03. The van der Waals surface area contributed by atoms with Gasteiger partial charge in [-0.3, -0.25) is 9.69 Å². The molecule has 0 aliphatic carbocycles. The first kappa shape index (κ1) is 16.8. The van der Waals surface area contributed by atoms with Crippen LogP contribution in [0.3, 0.4) is 0 Å². The predicted octanol–water partition coefficient (Wildman–Crippen LogP) is 3.50. The summed E-state index contributed by atoms with van der Waals surface area (Å²) in [6, 6.07) is 9.92. The molecule has 126 valence electrons. The molecule has 0 atom stereocenters. The van der Waals surface area contributed by atoms with Crippen LogP contribution in [-0.4, -0.2) is 38.6 Å². The molecule has 1 saturated heterocycles. The SMILES string of the molecule is C=CCN1C(=O)/C(=C/c2ccc[nH]2)SC1=Nc1ccc(C(=O)O)cc1. The van der Waals surface area contributed by atoms with Crippen molar-refractivity contribution in [3.8, 4) is 0 Å². The van der Waals surface area contributed by atoms with E-state index < -0.39 is 5.97 Å². The van der Waals surface area contributed by atoms with Crippen molar-refractivity contribution in [2.45, 2.75) is 0 Å². The van der Waals surface area contributed by atoms with Crippen molar-refractivity contribution in [3.05, 3.63) is 71.4 Å². The Morgan fingerprint density at radius 1 is 1.32 bits per heavy atom. The van der Waals surface area contributed by atoms with Gasteiger partial charge in [0, 0.05) is 18.4 Å². The third-order valence-corrected chi connectivity index (χ3v) is 4.45. The lowest BCUT2D eigenvalue weighted by Gasteiger charge is -2.12. The monoisotopic (exact) mass is 353 g/mol. The van der Waals surface area contributed by atoms with Crippen LogP contribution in [0.25, 0.3) is 6.08 Å². The van der Waals surface area contributed by atoms with Gasteiger partial charge < -0.3 is 10.1 Å². The van der Waals surface area contributed by atoms with Gasteiger partial charge in [-0.2, -0.15) is 0 Å². The van der Waals surface area contributed by atoms with Crippen LogP contribution in [0.5, 0.6) is 0 Å². The molecule has 1 fully saturated rings. The van der Waals surface area contributed by atoms with Gasteiger partial charge in [0.25, 0.3) is 5.91 Å². The lowest BCUT2D eigenvalue weighted by atomic mass is 10.2. The fourth-order valence-electron chi connectivity index (χ4n) is 2.25. The fourth-order valence-corrected chi connectivity index (χ4v) is 3.24. The summed E-state index contributed by atoms with van der Waals surface area (Å²) in [4.78, 5) is 33.1. The molecule has 0 saturated carbocycles. The Morgan fingerprint density at radius 2 is 2.08 bits per heavy atom. The zero-order valence-electron chi connectivity index (χ0n) is 13.2. The fraction of sp³-hybridized carbons (Fsp3) is 0.0556. The van der Waals surface area contributed by atoms with Gasteiger partial charge in [0.05, 0.1) is 16.2 Å². The normalized spacial score (nSPS) is 17.4. The molecule has 1 aliphatic rings. The Hall–Kier alpha value is -3.06. The second-order valence-electron chi connectivity index (χ2n) is 5.19. The highest BCUT2D eigenvalue weighted by Crippen LogP contribution is 2.33. The van der Waals surface area contributed by atoms with Gasteiger partial charge in [-0.15, -0.1) is 6.58 Å². The number of benzene rings is 1. The topological polar surface area (TPSA) is 85.8 Å².